The molecule has 1 aliphatic carbocycles. The molecule has 0 aromatic carbocycles. The molecule has 96 valence electrons. The van der Waals surface area contributed by atoms with E-state index in [9.17, 15) is 0 Å². The summed E-state index contributed by atoms with van der Waals surface area (Å²) < 4.78 is 2.19. The van der Waals surface area contributed by atoms with E-state index in [1.165, 1.54) is 31.4 Å². The molecular formula is C14H25N3. The molecule has 0 amide bonds. The van der Waals surface area contributed by atoms with Crippen molar-refractivity contribution >= 4 is 0 Å². The van der Waals surface area contributed by atoms with Gasteiger partial charge < -0.3 is 5.32 Å². The van der Waals surface area contributed by atoms with Crippen molar-refractivity contribution in [2.45, 2.75) is 52.0 Å². The number of nitrogens with one attached hydrogen (secondary N) is 1. The van der Waals surface area contributed by atoms with Crippen LogP contribution in [-0.2, 0) is 6.42 Å². The lowest BCUT2D eigenvalue weighted by atomic mass is 9.88. The summed E-state index contributed by atoms with van der Waals surface area (Å²) >= 11 is 0. The van der Waals surface area contributed by atoms with Crippen molar-refractivity contribution in [3.05, 3.63) is 18.0 Å². The lowest BCUT2D eigenvalue weighted by Gasteiger charge is -2.22. The van der Waals surface area contributed by atoms with Crippen LogP contribution in [0.3, 0.4) is 0 Å². The quantitative estimate of drug-likeness (QED) is 0.850. The molecule has 0 unspecified atom stereocenters. The average Bonchev–Trinajstić information content (AvgIpc) is 2.85. The Morgan fingerprint density at radius 1 is 1.41 bits per heavy atom. The first-order valence-corrected chi connectivity index (χ1v) is 6.79. The van der Waals surface area contributed by atoms with Gasteiger partial charge in [-0.2, -0.15) is 5.10 Å². The molecule has 3 nitrogen and oxygen atoms in total. The van der Waals surface area contributed by atoms with Crippen LogP contribution < -0.4 is 5.32 Å². The summed E-state index contributed by atoms with van der Waals surface area (Å²) in [5.74, 6) is 0. The molecule has 1 aliphatic rings. The maximum absolute atomic E-state index is 4.75. The Morgan fingerprint density at radius 3 is 2.76 bits per heavy atom. The Hall–Kier alpha value is -0.830. The third kappa shape index (κ3) is 3.32. The summed E-state index contributed by atoms with van der Waals surface area (Å²) in [4.78, 5) is 0. The SMILES string of the molecule is CNCC(C)(C)Cc1ccn(C2CCCC2)n1. The van der Waals surface area contributed by atoms with E-state index < -0.39 is 0 Å². The molecule has 0 aliphatic heterocycles. The van der Waals surface area contributed by atoms with E-state index in [2.05, 4.69) is 36.1 Å². The van der Waals surface area contributed by atoms with Crippen LogP contribution in [-0.4, -0.2) is 23.4 Å². The first-order chi connectivity index (χ1) is 8.11. The highest BCUT2D eigenvalue weighted by Crippen LogP contribution is 2.29. The van der Waals surface area contributed by atoms with Gasteiger partial charge in [0.1, 0.15) is 0 Å². The second-order valence-electron chi connectivity index (χ2n) is 6.10. The van der Waals surface area contributed by atoms with Crippen molar-refractivity contribution in [1.29, 1.82) is 0 Å². The lowest BCUT2D eigenvalue weighted by molar-refractivity contribution is 0.343. The molecule has 0 radical (unpaired) electrons. The maximum atomic E-state index is 4.75. The van der Waals surface area contributed by atoms with Crippen molar-refractivity contribution in [3.8, 4) is 0 Å². The van der Waals surface area contributed by atoms with E-state index in [4.69, 9.17) is 5.10 Å². The summed E-state index contributed by atoms with van der Waals surface area (Å²) in [5, 5.41) is 8.00. The monoisotopic (exact) mass is 235 g/mol. The molecule has 0 bridgehead atoms. The Kier molecular flexibility index (Phi) is 3.87. The Bertz CT molecular complexity index is 348. The van der Waals surface area contributed by atoms with Crippen LogP contribution in [0, 0.1) is 5.41 Å². The molecule has 1 saturated carbocycles. The minimum Gasteiger partial charge on any atom is -0.319 e. The van der Waals surface area contributed by atoms with Gasteiger partial charge in [0.2, 0.25) is 0 Å². The predicted molar refractivity (Wildman–Crippen MR) is 71.1 cm³/mol. The fourth-order valence-electron chi connectivity index (χ4n) is 2.88. The number of aromatic nitrogens is 2. The molecule has 0 saturated heterocycles. The van der Waals surface area contributed by atoms with E-state index in [0.717, 1.165) is 13.0 Å². The zero-order valence-electron chi connectivity index (χ0n) is 11.4. The summed E-state index contributed by atoms with van der Waals surface area (Å²) in [7, 11) is 2.01. The van der Waals surface area contributed by atoms with Crippen molar-refractivity contribution < 1.29 is 0 Å². The van der Waals surface area contributed by atoms with Gasteiger partial charge in [0.15, 0.2) is 0 Å². The normalized spacial score (nSPS) is 17.8. The minimum atomic E-state index is 0.281. The summed E-state index contributed by atoms with van der Waals surface area (Å²) in [6.45, 7) is 5.61. The van der Waals surface area contributed by atoms with Crippen molar-refractivity contribution in [3.63, 3.8) is 0 Å². The zero-order valence-corrected chi connectivity index (χ0v) is 11.4. The summed E-state index contributed by atoms with van der Waals surface area (Å²) in [5.41, 5.74) is 1.51. The first-order valence-electron chi connectivity index (χ1n) is 6.79. The van der Waals surface area contributed by atoms with Crippen LogP contribution in [0.5, 0.6) is 0 Å². The number of rotatable bonds is 5. The van der Waals surface area contributed by atoms with E-state index in [0.29, 0.717) is 6.04 Å². The highest BCUT2D eigenvalue weighted by Gasteiger charge is 2.21. The fraction of sp³-hybridized carbons (Fsp3) is 0.786. The summed E-state index contributed by atoms with van der Waals surface area (Å²) in [6.07, 6.45) is 8.56. The van der Waals surface area contributed by atoms with Gasteiger partial charge in [-0.1, -0.05) is 26.7 Å². The van der Waals surface area contributed by atoms with Crippen molar-refractivity contribution in [2.24, 2.45) is 5.41 Å². The van der Waals surface area contributed by atoms with E-state index in [1.54, 1.807) is 0 Å². The van der Waals surface area contributed by atoms with Crippen LogP contribution in [0.25, 0.3) is 0 Å². The van der Waals surface area contributed by atoms with Gasteiger partial charge in [0.05, 0.1) is 11.7 Å². The Labute approximate surface area is 105 Å². The smallest absolute Gasteiger partial charge is 0.0630 e. The summed E-state index contributed by atoms with van der Waals surface area (Å²) in [6, 6.07) is 2.85. The maximum Gasteiger partial charge on any atom is 0.0630 e. The lowest BCUT2D eigenvalue weighted by Crippen LogP contribution is -2.28. The Balaban J connectivity index is 1.98. The third-order valence-electron chi connectivity index (χ3n) is 3.68. The van der Waals surface area contributed by atoms with Crippen LogP contribution in [0.1, 0.15) is 51.3 Å². The fourth-order valence-corrected chi connectivity index (χ4v) is 2.88. The van der Waals surface area contributed by atoms with Gasteiger partial charge in [-0.3, -0.25) is 4.68 Å². The van der Waals surface area contributed by atoms with Crippen LogP contribution >= 0.6 is 0 Å². The molecule has 1 fully saturated rings. The van der Waals surface area contributed by atoms with E-state index >= 15 is 0 Å². The molecule has 17 heavy (non-hydrogen) atoms. The van der Waals surface area contributed by atoms with Crippen LogP contribution in [0.2, 0.25) is 0 Å². The largest absolute Gasteiger partial charge is 0.319 e. The van der Waals surface area contributed by atoms with Gasteiger partial charge in [-0.05, 0) is 37.8 Å². The molecule has 2 rings (SSSR count). The predicted octanol–water partition coefficient (Wildman–Crippen LogP) is 2.79. The highest BCUT2D eigenvalue weighted by atomic mass is 15.3. The molecule has 1 aromatic heterocycles. The minimum absolute atomic E-state index is 0.281. The van der Waals surface area contributed by atoms with Crippen molar-refractivity contribution in [2.75, 3.05) is 13.6 Å². The molecule has 1 N–H and O–H groups in total. The molecule has 0 atom stereocenters. The van der Waals surface area contributed by atoms with Gasteiger partial charge in [0.25, 0.3) is 0 Å². The number of hydrogen-bond acceptors (Lipinski definition) is 2. The van der Waals surface area contributed by atoms with Crippen LogP contribution in [0.4, 0.5) is 0 Å². The van der Waals surface area contributed by atoms with E-state index in [-0.39, 0.29) is 5.41 Å². The highest BCUT2D eigenvalue weighted by molar-refractivity contribution is 5.03. The standard InChI is InChI=1S/C14H25N3/c1-14(2,11-15-3)10-12-8-9-17(16-12)13-6-4-5-7-13/h8-9,13,15H,4-7,10-11H2,1-3H3. The number of hydrogen-bond donors (Lipinski definition) is 1. The van der Waals surface area contributed by atoms with Gasteiger partial charge in [-0.15, -0.1) is 0 Å². The van der Waals surface area contributed by atoms with E-state index in [1.807, 2.05) is 7.05 Å². The van der Waals surface area contributed by atoms with Gasteiger partial charge >= 0.3 is 0 Å². The second-order valence-corrected chi connectivity index (χ2v) is 6.10. The van der Waals surface area contributed by atoms with Gasteiger partial charge in [0, 0.05) is 12.7 Å². The molecule has 0 spiro atoms. The Morgan fingerprint density at radius 2 is 2.12 bits per heavy atom. The third-order valence-corrected chi connectivity index (χ3v) is 3.68. The zero-order chi connectivity index (χ0) is 12.3. The van der Waals surface area contributed by atoms with Crippen LogP contribution in [0.15, 0.2) is 12.3 Å². The molecular weight excluding hydrogens is 210 g/mol. The first kappa shape index (κ1) is 12.6. The molecule has 1 heterocycles. The average molecular weight is 235 g/mol. The molecule has 1 aromatic rings. The van der Waals surface area contributed by atoms with Crippen molar-refractivity contribution in [1.82, 2.24) is 15.1 Å². The second kappa shape index (κ2) is 5.21. The van der Waals surface area contributed by atoms with Gasteiger partial charge in [-0.25, -0.2) is 0 Å². The topological polar surface area (TPSA) is 29.9 Å². The molecule has 3 heteroatoms. The number of nitrogens with zero attached hydrogens (tertiary/aromatic N) is 2.